The predicted octanol–water partition coefficient (Wildman–Crippen LogP) is 0.704. The fourth-order valence-electron chi connectivity index (χ4n) is 1.54. The van der Waals surface area contributed by atoms with E-state index in [0.29, 0.717) is 5.69 Å². The number of carbonyl (C=O) groups excluding carboxylic acids is 1. The van der Waals surface area contributed by atoms with E-state index in [-0.39, 0.29) is 43.8 Å². The standard InChI is InChI=1S/C12H16ClFN2O3/c13-10-7-9(14)1-2-11(10)15-12(19)8-16(3-5-17)4-6-18/h1-2,7,17-18H,3-6,8H2,(H,15,19). The van der Waals surface area contributed by atoms with Gasteiger partial charge in [-0.15, -0.1) is 0 Å². The minimum absolute atomic E-state index is 0.00876. The van der Waals surface area contributed by atoms with Crippen LogP contribution in [0, 0.1) is 5.82 Å². The maximum absolute atomic E-state index is 12.8. The first kappa shape index (κ1) is 15.8. The Bertz CT molecular complexity index is 425. The van der Waals surface area contributed by atoms with Crippen LogP contribution < -0.4 is 5.32 Å². The molecule has 1 amide bonds. The van der Waals surface area contributed by atoms with Crippen molar-refractivity contribution in [1.82, 2.24) is 4.90 Å². The number of anilines is 1. The van der Waals surface area contributed by atoms with Crippen LogP contribution in [0.4, 0.5) is 10.1 Å². The third kappa shape index (κ3) is 5.52. The van der Waals surface area contributed by atoms with Crippen LogP contribution in [0.15, 0.2) is 18.2 Å². The van der Waals surface area contributed by atoms with Gasteiger partial charge in [0, 0.05) is 13.1 Å². The van der Waals surface area contributed by atoms with Gasteiger partial charge in [0.1, 0.15) is 5.82 Å². The van der Waals surface area contributed by atoms with E-state index in [4.69, 9.17) is 21.8 Å². The van der Waals surface area contributed by atoms with Crippen molar-refractivity contribution in [3.63, 3.8) is 0 Å². The Balaban J connectivity index is 2.58. The Labute approximate surface area is 115 Å². The molecule has 0 saturated carbocycles. The molecule has 1 aromatic rings. The van der Waals surface area contributed by atoms with Gasteiger partial charge in [-0.05, 0) is 18.2 Å². The Hall–Kier alpha value is -1.21. The number of amides is 1. The molecular formula is C12H16ClFN2O3. The third-order valence-corrected chi connectivity index (χ3v) is 2.72. The van der Waals surface area contributed by atoms with Crippen molar-refractivity contribution in [2.24, 2.45) is 0 Å². The molecular weight excluding hydrogens is 275 g/mol. The van der Waals surface area contributed by atoms with Crippen molar-refractivity contribution in [3.8, 4) is 0 Å². The highest BCUT2D eigenvalue weighted by atomic mass is 35.5. The van der Waals surface area contributed by atoms with Crippen molar-refractivity contribution in [2.75, 3.05) is 38.2 Å². The summed E-state index contributed by atoms with van der Waals surface area (Å²) in [4.78, 5) is 13.3. The van der Waals surface area contributed by atoms with Crippen LogP contribution >= 0.6 is 11.6 Å². The van der Waals surface area contributed by atoms with Crippen LogP contribution in [0.2, 0.25) is 5.02 Å². The van der Waals surface area contributed by atoms with Crippen LogP contribution in [0.3, 0.4) is 0 Å². The van der Waals surface area contributed by atoms with Crippen molar-refractivity contribution < 1.29 is 19.4 Å². The lowest BCUT2D eigenvalue weighted by Gasteiger charge is -2.19. The van der Waals surface area contributed by atoms with Gasteiger partial charge >= 0.3 is 0 Å². The maximum Gasteiger partial charge on any atom is 0.238 e. The first-order valence-electron chi connectivity index (χ1n) is 5.75. The van der Waals surface area contributed by atoms with Gasteiger partial charge in [-0.3, -0.25) is 9.69 Å². The highest BCUT2D eigenvalue weighted by Crippen LogP contribution is 2.22. The van der Waals surface area contributed by atoms with Crippen molar-refractivity contribution in [1.29, 1.82) is 0 Å². The summed E-state index contributed by atoms with van der Waals surface area (Å²) in [6, 6.07) is 3.68. The molecule has 0 aromatic heterocycles. The number of nitrogens with zero attached hydrogens (tertiary/aromatic N) is 1. The minimum Gasteiger partial charge on any atom is -0.395 e. The van der Waals surface area contributed by atoms with E-state index in [1.165, 1.54) is 12.1 Å². The minimum atomic E-state index is -0.481. The van der Waals surface area contributed by atoms with Crippen LogP contribution in [-0.2, 0) is 4.79 Å². The number of hydrogen-bond acceptors (Lipinski definition) is 4. The largest absolute Gasteiger partial charge is 0.395 e. The first-order chi connectivity index (χ1) is 9.06. The smallest absolute Gasteiger partial charge is 0.238 e. The maximum atomic E-state index is 12.8. The zero-order valence-corrected chi connectivity index (χ0v) is 11.0. The molecule has 0 fully saturated rings. The average molecular weight is 291 g/mol. The Kier molecular flexibility index (Phi) is 6.72. The number of rotatable bonds is 7. The monoisotopic (exact) mass is 290 g/mol. The first-order valence-corrected chi connectivity index (χ1v) is 6.13. The SMILES string of the molecule is O=C(CN(CCO)CCO)Nc1ccc(F)cc1Cl. The molecule has 19 heavy (non-hydrogen) atoms. The quantitative estimate of drug-likeness (QED) is 0.691. The molecule has 0 atom stereocenters. The number of halogens is 2. The van der Waals surface area contributed by atoms with Crippen LogP contribution in [-0.4, -0.2) is 53.9 Å². The second-order valence-electron chi connectivity index (χ2n) is 3.90. The van der Waals surface area contributed by atoms with Crippen LogP contribution in [0.5, 0.6) is 0 Å². The zero-order valence-electron chi connectivity index (χ0n) is 10.3. The van der Waals surface area contributed by atoms with Crippen molar-refractivity contribution >= 4 is 23.2 Å². The summed E-state index contributed by atoms with van der Waals surface area (Å²) in [5, 5.41) is 20.3. The second kappa shape index (κ2) is 8.06. The molecule has 1 aromatic carbocycles. The molecule has 1 rings (SSSR count). The summed E-state index contributed by atoms with van der Waals surface area (Å²) in [7, 11) is 0. The van der Waals surface area contributed by atoms with Gasteiger partial charge in [0.05, 0.1) is 30.5 Å². The molecule has 0 unspecified atom stereocenters. The van der Waals surface area contributed by atoms with E-state index >= 15 is 0 Å². The number of benzene rings is 1. The van der Waals surface area contributed by atoms with Crippen LogP contribution in [0.25, 0.3) is 0 Å². The van der Waals surface area contributed by atoms with E-state index < -0.39 is 5.82 Å². The molecule has 0 radical (unpaired) electrons. The van der Waals surface area contributed by atoms with Crippen molar-refractivity contribution in [3.05, 3.63) is 29.0 Å². The lowest BCUT2D eigenvalue weighted by Crippen LogP contribution is -2.37. The van der Waals surface area contributed by atoms with Crippen molar-refractivity contribution in [2.45, 2.75) is 0 Å². The fourth-order valence-corrected chi connectivity index (χ4v) is 1.75. The molecule has 0 bridgehead atoms. The molecule has 7 heteroatoms. The molecule has 0 saturated heterocycles. The lowest BCUT2D eigenvalue weighted by molar-refractivity contribution is -0.117. The Morgan fingerprint density at radius 3 is 2.47 bits per heavy atom. The van der Waals surface area contributed by atoms with Crippen LogP contribution in [0.1, 0.15) is 0 Å². The van der Waals surface area contributed by atoms with E-state index in [1.807, 2.05) is 0 Å². The van der Waals surface area contributed by atoms with Gasteiger partial charge in [0.25, 0.3) is 0 Å². The molecule has 106 valence electrons. The molecule has 0 aliphatic carbocycles. The third-order valence-electron chi connectivity index (χ3n) is 2.40. The summed E-state index contributed by atoms with van der Waals surface area (Å²) < 4.78 is 12.8. The molecule has 0 spiro atoms. The highest BCUT2D eigenvalue weighted by Gasteiger charge is 2.11. The number of carbonyl (C=O) groups is 1. The fraction of sp³-hybridized carbons (Fsp3) is 0.417. The van der Waals surface area contributed by atoms with Gasteiger partial charge in [-0.2, -0.15) is 0 Å². The summed E-state index contributed by atoms with van der Waals surface area (Å²) >= 11 is 5.78. The second-order valence-corrected chi connectivity index (χ2v) is 4.30. The Morgan fingerprint density at radius 2 is 1.95 bits per heavy atom. The molecule has 3 N–H and O–H groups in total. The predicted molar refractivity (Wildman–Crippen MR) is 70.7 cm³/mol. The number of aliphatic hydroxyl groups excluding tert-OH is 2. The summed E-state index contributed by atoms with van der Waals surface area (Å²) in [5.74, 6) is -0.833. The van der Waals surface area contributed by atoms with E-state index in [2.05, 4.69) is 5.32 Å². The Morgan fingerprint density at radius 1 is 1.32 bits per heavy atom. The number of nitrogens with one attached hydrogen (secondary N) is 1. The van der Waals surface area contributed by atoms with Gasteiger partial charge < -0.3 is 15.5 Å². The van der Waals surface area contributed by atoms with Gasteiger partial charge in [0.15, 0.2) is 0 Å². The summed E-state index contributed by atoms with van der Waals surface area (Å²) in [6.07, 6.45) is 0. The average Bonchev–Trinajstić information content (AvgIpc) is 2.33. The van der Waals surface area contributed by atoms with E-state index in [0.717, 1.165) is 6.07 Å². The van der Waals surface area contributed by atoms with E-state index in [1.54, 1.807) is 4.90 Å². The molecule has 0 aliphatic rings. The van der Waals surface area contributed by atoms with Gasteiger partial charge in [-0.25, -0.2) is 4.39 Å². The topological polar surface area (TPSA) is 72.8 Å². The summed E-state index contributed by atoms with van der Waals surface area (Å²) in [6.45, 7) is 0.361. The van der Waals surface area contributed by atoms with E-state index in [9.17, 15) is 9.18 Å². The molecule has 5 nitrogen and oxygen atoms in total. The number of hydrogen-bond donors (Lipinski definition) is 3. The summed E-state index contributed by atoms with van der Waals surface area (Å²) in [5.41, 5.74) is 0.320. The van der Waals surface area contributed by atoms with Gasteiger partial charge in [-0.1, -0.05) is 11.6 Å². The zero-order chi connectivity index (χ0) is 14.3. The normalized spacial score (nSPS) is 10.8. The number of aliphatic hydroxyl groups is 2. The lowest BCUT2D eigenvalue weighted by atomic mass is 10.3. The van der Waals surface area contributed by atoms with Gasteiger partial charge in [0.2, 0.25) is 5.91 Å². The molecule has 0 heterocycles. The highest BCUT2D eigenvalue weighted by molar-refractivity contribution is 6.33. The molecule has 0 aliphatic heterocycles.